The Morgan fingerprint density at radius 1 is 1.69 bits per heavy atom. The first kappa shape index (κ1) is 10.8. The van der Waals surface area contributed by atoms with Gasteiger partial charge in [-0.15, -0.1) is 0 Å². The molecular weight excluding hydrogens is 230 g/mol. The highest BCUT2D eigenvalue weighted by Crippen LogP contribution is 2.30. The molecular formula is C10H10ClN3O2. The van der Waals surface area contributed by atoms with E-state index in [0.29, 0.717) is 27.3 Å². The lowest BCUT2D eigenvalue weighted by atomic mass is 10.1. The summed E-state index contributed by atoms with van der Waals surface area (Å²) in [6, 6.07) is 1.73. The number of nitrogens with one attached hydrogen (secondary N) is 1. The fourth-order valence-corrected chi connectivity index (χ4v) is 1.76. The summed E-state index contributed by atoms with van der Waals surface area (Å²) in [4.78, 5) is 18.1. The number of halogens is 1. The van der Waals surface area contributed by atoms with Crippen molar-refractivity contribution >= 4 is 34.3 Å². The van der Waals surface area contributed by atoms with E-state index >= 15 is 0 Å². The Kier molecular flexibility index (Phi) is 2.70. The molecule has 6 heteroatoms. The van der Waals surface area contributed by atoms with Crippen molar-refractivity contribution in [3.8, 4) is 0 Å². The summed E-state index contributed by atoms with van der Waals surface area (Å²) in [7, 11) is 1.33. The maximum Gasteiger partial charge on any atom is 0.310 e. The quantitative estimate of drug-likeness (QED) is 0.615. The number of esters is 1. The monoisotopic (exact) mass is 239 g/mol. The van der Waals surface area contributed by atoms with Crippen LogP contribution in [0.4, 0.5) is 5.69 Å². The Bertz CT molecular complexity index is 550. The van der Waals surface area contributed by atoms with Crippen LogP contribution in [0.2, 0.25) is 5.02 Å². The summed E-state index contributed by atoms with van der Waals surface area (Å²) in [6.07, 6.45) is 1.61. The lowest BCUT2D eigenvalue weighted by molar-refractivity contribution is -0.139. The number of nitrogens with zero attached hydrogens (tertiary/aromatic N) is 1. The number of H-pyrrole nitrogens is 1. The number of imidazole rings is 1. The number of fused-ring (bicyclic) bond motifs is 1. The van der Waals surface area contributed by atoms with Crippen LogP contribution < -0.4 is 5.73 Å². The zero-order valence-corrected chi connectivity index (χ0v) is 9.34. The zero-order chi connectivity index (χ0) is 11.7. The van der Waals surface area contributed by atoms with E-state index in [-0.39, 0.29) is 12.4 Å². The minimum absolute atomic E-state index is 0.0881. The Morgan fingerprint density at radius 2 is 2.44 bits per heavy atom. The Morgan fingerprint density at radius 3 is 3.12 bits per heavy atom. The molecule has 0 fully saturated rings. The van der Waals surface area contributed by atoms with Crippen LogP contribution in [0, 0.1) is 0 Å². The number of carbonyl (C=O) groups is 1. The second kappa shape index (κ2) is 4.02. The fraction of sp³-hybridized carbons (Fsp3) is 0.200. The predicted molar refractivity (Wildman–Crippen MR) is 61.2 cm³/mol. The molecule has 0 radical (unpaired) electrons. The Labute approximate surface area is 96.6 Å². The highest BCUT2D eigenvalue weighted by molar-refractivity contribution is 6.37. The van der Waals surface area contributed by atoms with Crippen LogP contribution in [-0.2, 0) is 16.0 Å². The first-order chi connectivity index (χ1) is 7.63. The standard InChI is InChI=1S/C10H10ClN3O2/c1-16-7(15)3-5-2-6-10(14-4-13-6)8(11)9(5)12/h2,4H,3,12H2,1H3,(H,13,14). The summed E-state index contributed by atoms with van der Waals surface area (Å²) in [5.74, 6) is -0.363. The van der Waals surface area contributed by atoms with Crippen molar-refractivity contribution in [2.75, 3.05) is 12.8 Å². The SMILES string of the molecule is COC(=O)Cc1cc2nc[nH]c2c(Cl)c1N. The van der Waals surface area contributed by atoms with Crippen LogP contribution in [0.5, 0.6) is 0 Å². The first-order valence-corrected chi connectivity index (χ1v) is 4.98. The van der Waals surface area contributed by atoms with E-state index in [2.05, 4.69) is 14.7 Å². The average Bonchev–Trinajstić information content (AvgIpc) is 2.73. The van der Waals surface area contributed by atoms with Crippen molar-refractivity contribution in [1.82, 2.24) is 9.97 Å². The topological polar surface area (TPSA) is 81.0 Å². The minimum atomic E-state index is -0.363. The third-order valence-corrected chi connectivity index (χ3v) is 2.74. The molecule has 0 amide bonds. The number of hydrogen-bond donors (Lipinski definition) is 2. The van der Waals surface area contributed by atoms with Gasteiger partial charge in [0, 0.05) is 0 Å². The van der Waals surface area contributed by atoms with Gasteiger partial charge < -0.3 is 15.5 Å². The van der Waals surface area contributed by atoms with Crippen molar-refractivity contribution in [3.05, 3.63) is 23.0 Å². The van der Waals surface area contributed by atoms with Crippen LogP contribution in [0.1, 0.15) is 5.56 Å². The summed E-state index contributed by atoms with van der Waals surface area (Å²) in [6.45, 7) is 0. The van der Waals surface area contributed by atoms with E-state index in [1.165, 1.54) is 13.4 Å². The number of rotatable bonds is 2. The van der Waals surface area contributed by atoms with Crippen molar-refractivity contribution in [3.63, 3.8) is 0 Å². The van der Waals surface area contributed by atoms with Gasteiger partial charge in [0.1, 0.15) is 0 Å². The van der Waals surface area contributed by atoms with E-state index in [1.54, 1.807) is 6.07 Å². The van der Waals surface area contributed by atoms with Crippen molar-refractivity contribution < 1.29 is 9.53 Å². The Balaban J connectivity index is 2.53. The molecule has 0 saturated carbocycles. The summed E-state index contributed by atoms with van der Waals surface area (Å²) < 4.78 is 4.58. The van der Waals surface area contributed by atoms with Gasteiger partial charge in [0.25, 0.3) is 0 Å². The van der Waals surface area contributed by atoms with Gasteiger partial charge in [0.15, 0.2) is 0 Å². The number of methoxy groups -OCH3 is 1. The maximum atomic E-state index is 11.2. The molecule has 0 unspecified atom stereocenters. The van der Waals surface area contributed by atoms with E-state index in [1.807, 2.05) is 0 Å². The third-order valence-electron chi connectivity index (χ3n) is 2.34. The van der Waals surface area contributed by atoms with Gasteiger partial charge in [-0.3, -0.25) is 4.79 Å². The van der Waals surface area contributed by atoms with Gasteiger partial charge in [-0.05, 0) is 11.6 Å². The maximum absolute atomic E-state index is 11.2. The molecule has 0 saturated heterocycles. The Hall–Kier alpha value is -1.75. The van der Waals surface area contributed by atoms with E-state index in [4.69, 9.17) is 17.3 Å². The van der Waals surface area contributed by atoms with Crippen LogP contribution >= 0.6 is 11.6 Å². The molecule has 1 aromatic heterocycles. The molecule has 16 heavy (non-hydrogen) atoms. The number of hydrogen-bond acceptors (Lipinski definition) is 4. The molecule has 0 spiro atoms. The first-order valence-electron chi connectivity index (χ1n) is 4.60. The number of anilines is 1. The number of aromatic nitrogens is 2. The molecule has 0 bridgehead atoms. The number of nitrogens with two attached hydrogens (primary N) is 1. The molecule has 1 aromatic carbocycles. The number of benzene rings is 1. The van der Waals surface area contributed by atoms with Gasteiger partial charge in [0.2, 0.25) is 0 Å². The van der Waals surface area contributed by atoms with Crippen LogP contribution in [0.25, 0.3) is 11.0 Å². The minimum Gasteiger partial charge on any atom is -0.469 e. The van der Waals surface area contributed by atoms with Crippen molar-refractivity contribution in [2.24, 2.45) is 0 Å². The smallest absolute Gasteiger partial charge is 0.310 e. The summed E-state index contributed by atoms with van der Waals surface area (Å²) >= 11 is 6.05. The van der Waals surface area contributed by atoms with Crippen LogP contribution in [-0.4, -0.2) is 23.0 Å². The van der Waals surface area contributed by atoms with E-state index in [0.717, 1.165) is 0 Å². The second-order valence-corrected chi connectivity index (χ2v) is 3.69. The molecule has 0 aliphatic rings. The molecule has 1 heterocycles. The molecule has 84 valence electrons. The second-order valence-electron chi connectivity index (χ2n) is 3.31. The predicted octanol–water partition coefficient (Wildman–Crippen LogP) is 1.51. The average molecular weight is 240 g/mol. The summed E-state index contributed by atoms with van der Waals surface area (Å²) in [5.41, 5.74) is 8.18. The van der Waals surface area contributed by atoms with Gasteiger partial charge in [-0.1, -0.05) is 11.6 Å². The number of aromatic amines is 1. The summed E-state index contributed by atoms with van der Waals surface area (Å²) in [5, 5.41) is 0.383. The molecule has 2 aromatic rings. The van der Waals surface area contributed by atoms with Crippen molar-refractivity contribution in [2.45, 2.75) is 6.42 Å². The molecule has 3 N–H and O–H groups in total. The molecule has 5 nitrogen and oxygen atoms in total. The fourth-order valence-electron chi connectivity index (χ4n) is 1.48. The van der Waals surface area contributed by atoms with Gasteiger partial charge >= 0.3 is 5.97 Å². The van der Waals surface area contributed by atoms with Gasteiger partial charge in [-0.25, -0.2) is 4.98 Å². The lowest BCUT2D eigenvalue weighted by Gasteiger charge is -2.06. The van der Waals surface area contributed by atoms with Crippen LogP contribution in [0.15, 0.2) is 12.4 Å². The largest absolute Gasteiger partial charge is 0.469 e. The zero-order valence-electron chi connectivity index (χ0n) is 8.58. The third kappa shape index (κ3) is 1.69. The normalized spacial score (nSPS) is 10.6. The van der Waals surface area contributed by atoms with E-state index < -0.39 is 0 Å². The van der Waals surface area contributed by atoms with Crippen molar-refractivity contribution in [1.29, 1.82) is 0 Å². The number of ether oxygens (including phenoxy) is 1. The molecule has 0 aliphatic heterocycles. The highest BCUT2D eigenvalue weighted by Gasteiger charge is 2.13. The molecule has 0 aliphatic carbocycles. The molecule has 0 atom stereocenters. The number of nitrogen functional groups attached to an aromatic ring is 1. The highest BCUT2D eigenvalue weighted by atomic mass is 35.5. The lowest BCUT2D eigenvalue weighted by Crippen LogP contribution is -2.07. The van der Waals surface area contributed by atoms with Gasteiger partial charge in [-0.2, -0.15) is 0 Å². The van der Waals surface area contributed by atoms with Gasteiger partial charge in [0.05, 0.1) is 41.6 Å². The molecule has 2 rings (SSSR count). The number of carbonyl (C=O) groups excluding carboxylic acids is 1. The van der Waals surface area contributed by atoms with Crippen LogP contribution in [0.3, 0.4) is 0 Å². The van der Waals surface area contributed by atoms with E-state index in [9.17, 15) is 4.79 Å².